The molecule has 0 bridgehead atoms. The predicted octanol–water partition coefficient (Wildman–Crippen LogP) is -6.06. The van der Waals surface area contributed by atoms with E-state index in [4.69, 9.17) is 0 Å². The van der Waals surface area contributed by atoms with Crippen LogP contribution in [0.15, 0.2) is 0 Å². The number of nitrogens with one attached hydrogen (secondary N) is 1. The Hall–Kier alpha value is 0.570. The molecule has 6 nitrogen and oxygen atoms in total. The number of Topliss-reactive ketones (excluding diaryl/α,β-unsaturated/α-hetero) is 1. The van der Waals surface area contributed by atoms with Gasteiger partial charge in [0.15, 0.2) is 5.78 Å². The van der Waals surface area contributed by atoms with E-state index >= 15 is 0 Å². The Morgan fingerprint density at radius 2 is 1.29 bits per heavy atom. The molecule has 128 valence electrons. The van der Waals surface area contributed by atoms with Gasteiger partial charge in [-0.3, -0.25) is 10.1 Å². The molecule has 0 heterocycles. The molecule has 1 N–H and O–H groups in total. The third-order valence-electron chi connectivity index (χ3n) is 3.53. The topological polar surface area (TPSA) is 109 Å². The summed E-state index contributed by atoms with van der Waals surface area (Å²) in [4.78, 5) is 32.8. The van der Waals surface area contributed by atoms with Crippen LogP contribution in [0.25, 0.3) is 0 Å². The van der Waals surface area contributed by atoms with Crippen molar-refractivity contribution >= 4 is 17.7 Å². The summed E-state index contributed by atoms with van der Waals surface area (Å²) in [6, 6.07) is -1.56. The van der Waals surface area contributed by atoms with Gasteiger partial charge in [-0.25, -0.2) is 0 Å². The molecule has 24 heavy (non-hydrogen) atoms. The maximum atomic E-state index is 11.7. The fraction of sp³-hybridized carbons (Fsp3) is 0.812. The zero-order valence-corrected chi connectivity index (χ0v) is 19.4. The van der Waals surface area contributed by atoms with E-state index in [0.717, 1.165) is 19.3 Å². The maximum Gasteiger partial charge on any atom is 1.00 e. The zero-order valence-electron chi connectivity index (χ0n) is 15.4. The van der Waals surface area contributed by atoms with E-state index in [1.165, 1.54) is 32.1 Å². The number of aliphatic carboxylic acids is 2. The second-order valence-corrected chi connectivity index (χ2v) is 5.55. The molecule has 0 aromatic carbocycles. The van der Waals surface area contributed by atoms with E-state index < -0.39 is 30.3 Å². The van der Waals surface area contributed by atoms with Crippen molar-refractivity contribution in [1.82, 2.24) is 5.32 Å². The van der Waals surface area contributed by atoms with Crippen LogP contribution in [0.2, 0.25) is 0 Å². The van der Waals surface area contributed by atoms with Crippen LogP contribution in [0.1, 0.15) is 71.1 Å². The standard InChI is InChI=1S/C16H29NO5.2Na/c1-2-3-4-5-6-7-8-9-10-11-13(18)15(16(21)22)17-12-14(19)20;;/h15,17H,2-12H2,1H3,(H,19,20)(H,21,22);;/q;2*+1/p-2. The number of carbonyl (C=O) groups excluding carboxylic acids is 3. The SMILES string of the molecule is CCCCCCCCCCCC(=O)C(NCC(=O)[O-])C(=O)[O-].[Na+].[Na+]. The van der Waals surface area contributed by atoms with Crippen LogP contribution in [-0.2, 0) is 14.4 Å². The van der Waals surface area contributed by atoms with E-state index in [-0.39, 0.29) is 65.5 Å². The summed E-state index contributed by atoms with van der Waals surface area (Å²) in [6.07, 6.45) is 9.99. The van der Waals surface area contributed by atoms with Crippen molar-refractivity contribution < 1.29 is 83.7 Å². The summed E-state index contributed by atoms with van der Waals surface area (Å²) in [7, 11) is 0. The first-order valence-corrected chi connectivity index (χ1v) is 8.15. The molecule has 0 aromatic heterocycles. The van der Waals surface area contributed by atoms with Gasteiger partial charge in [-0.15, -0.1) is 0 Å². The summed E-state index contributed by atoms with van der Waals surface area (Å²) in [6.45, 7) is 1.50. The number of ketones is 1. The van der Waals surface area contributed by atoms with Crippen molar-refractivity contribution in [2.24, 2.45) is 0 Å². The van der Waals surface area contributed by atoms with E-state index in [1.807, 2.05) is 0 Å². The second-order valence-electron chi connectivity index (χ2n) is 5.55. The minimum Gasteiger partial charge on any atom is -0.549 e. The quantitative estimate of drug-likeness (QED) is 0.177. The number of hydrogen-bond donors (Lipinski definition) is 1. The van der Waals surface area contributed by atoms with E-state index in [0.29, 0.717) is 6.42 Å². The van der Waals surface area contributed by atoms with Crippen LogP contribution in [0.3, 0.4) is 0 Å². The molecule has 0 spiro atoms. The molecule has 0 radical (unpaired) electrons. The Kier molecular flexibility index (Phi) is 24.3. The smallest absolute Gasteiger partial charge is 0.549 e. The summed E-state index contributed by atoms with van der Waals surface area (Å²) in [5.74, 6) is -3.59. The molecule has 1 unspecified atom stereocenters. The first kappa shape index (κ1) is 29.3. The van der Waals surface area contributed by atoms with Crippen molar-refractivity contribution in [2.75, 3.05) is 6.54 Å². The van der Waals surface area contributed by atoms with Gasteiger partial charge in [0, 0.05) is 13.0 Å². The third-order valence-corrected chi connectivity index (χ3v) is 3.53. The van der Waals surface area contributed by atoms with Gasteiger partial charge >= 0.3 is 59.1 Å². The molecule has 0 aliphatic heterocycles. The molecule has 8 heteroatoms. The average Bonchev–Trinajstić information content (AvgIpc) is 2.45. The fourth-order valence-electron chi connectivity index (χ4n) is 2.27. The predicted molar refractivity (Wildman–Crippen MR) is 78.7 cm³/mol. The molecule has 0 saturated heterocycles. The van der Waals surface area contributed by atoms with E-state index in [1.54, 1.807) is 0 Å². The van der Waals surface area contributed by atoms with Crippen molar-refractivity contribution in [3.8, 4) is 0 Å². The summed E-state index contributed by atoms with van der Waals surface area (Å²) < 4.78 is 0. The van der Waals surface area contributed by atoms with Crippen molar-refractivity contribution in [3.05, 3.63) is 0 Å². The number of unbranched alkanes of at least 4 members (excludes halogenated alkanes) is 8. The maximum absolute atomic E-state index is 11.7. The van der Waals surface area contributed by atoms with Crippen LogP contribution in [-0.4, -0.2) is 30.3 Å². The summed E-state index contributed by atoms with van der Waals surface area (Å²) in [5.41, 5.74) is 0. The monoisotopic (exact) mass is 359 g/mol. The minimum atomic E-state index is -1.60. The Labute approximate surface area is 189 Å². The fourth-order valence-corrected chi connectivity index (χ4v) is 2.27. The van der Waals surface area contributed by atoms with Gasteiger partial charge in [0.05, 0.1) is 11.9 Å². The number of hydrogen-bond acceptors (Lipinski definition) is 6. The number of carboxylic acids is 2. The average molecular weight is 359 g/mol. The van der Waals surface area contributed by atoms with Crippen molar-refractivity contribution in [2.45, 2.75) is 77.2 Å². The number of rotatable bonds is 15. The van der Waals surface area contributed by atoms with Crippen molar-refractivity contribution in [3.63, 3.8) is 0 Å². The molecular weight excluding hydrogens is 332 g/mol. The molecule has 0 aromatic rings. The first-order valence-electron chi connectivity index (χ1n) is 8.15. The molecule has 0 aliphatic rings. The van der Waals surface area contributed by atoms with Crippen LogP contribution >= 0.6 is 0 Å². The van der Waals surface area contributed by atoms with Gasteiger partial charge in [0.1, 0.15) is 6.04 Å². The summed E-state index contributed by atoms with van der Waals surface area (Å²) >= 11 is 0. The van der Waals surface area contributed by atoms with Gasteiger partial charge in [-0.1, -0.05) is 58.3 Å². The van der Waals surface area contributed by atoms with Gasteiger partial charge in [0.2, 0.25) is 0 Å². The van der Waals surface area contributed by atoms with Crippen LogP contribution < -0.4 is 74.6 Å². The minimum absolute atomic E-state index is 0. The Bertz CT molecular complexity index is 353. The van der Waals surface area contributed by atoms with Gasteiger partial charge < -0.3 is 19.8 Å². The van der Waals surface area contributed by atoms with Crippen molar-refractivity contribution in [1.29, 1.82) is 0 Å². The Morgan fingerprint density at radius 3 is 1.71 bits per heavy atom. The molecule has 0 saturated carbocycles. The Balaban J connectivity index is -0.00000220. The van der Waals surface area contributed by atoms with Crippen LogP contribution in [0.5, 0.6) is 0 Å². The number of carbonyl (C=O) groups is 3. The molecule has 0 aliphatic carbocycles. The van der Waals surface area contributed by atoms with E-state index in [9.17, 15) is 24.6 Å². The molecule has 0 amide bonds. The Morgan fingerprint density at radius 1 is 0.833 bits per heavy atom. The van der Waals surface area contributed by atoms with Gasteiger partial charge in [-0.2, -0.15) is 0 Å². The van der Waals surface area contributed by atoms with E-state index in [2.05, 4.69) is 12.2 Å². The first-order chi connectivity index (χ1) is 10.5. The van der Waals surface area contributed by atoms with Gasteiger partial charge in [0.25, 0.3) is 0 Å². The molecule has 0 rings (SSSR count). The largest absolute Gasteiger partial charge is 1.00 e. The zero-order chi connectivity index (χ0) is 16.8. The molecule has 0 fully saturated rings. The molecular formula is C16H27NNa2O5. The van der Waals surface area contributed by atoms with Crippen LogP contribution in [0, 0.1) is 0 Å². The normalized spacial score (nSPS) is 11.0. The second kappa shape index (κ2) is 19.9. The third kappa shape index (κ3) is 17.4. The van der Waals surface area contributed by atoms with Gasteiger partial charge in [-0.05, 0) is 6.42 Å². The number of carboxylic acid groups (broad SMARTS) is 2. The van der Waals surface area contributed by atoms with Crippen LogP contribution in [0.4, 0.5) is 0 Å². The molecule has 1 atom stereocenters. The summed E-state index contributed by atoms with van der Waals surface area (Å²) in [5, 5.41) is 23.2.